The molecule has 1 aliphatic rings. The highest BCUT2D eigenvalue weighted by molar-refractivity contribution is 7.91. The number of hydrogen-bond acceptors (Lipinski definition) is 4. The first-order chi connectivity index (χ1) is 6.60. The first-order valence-corrected chi connectivity index (χ1v) is 6.48. The van der Waals surface area contributed by atoms with E-state index in [1.807, 2.05) is 0 Å². The smallest absolute Gasteiger partial charge is 0.252 e. The van der Waals surface area contributed by atoms with Crippen LogP contribution in [0.1, 0.15) is 6.42 Å². The summed E-state index contributed by atoms with van der Waals surface area (Å²) in [5.41, 5.74) is 0. The van der Waals surface area contributed by atoms with Gasteiger partial charge in [-0.05, 0) is 11.4 Å². The summed E-state index contributed by atoms with van der Waals surface area (Å²) in [7, 11) is -3.40. The zero-order valence-electron chi connectivity index (χ0n) is 7.34. The number of sulfonamides is 1. The molecule has 0 aromatic carbocycles. The van der Waals surface area contributed by atoms with Crippen LogP contribution in [0.5, 0.6) is 0 Å². The lowest BCUT2D eigenvalue weighted by Gasteiger charge is -2.12. The highest BCUT2D eigenvalue weighted by Crippen LogP contribution is 2.23. The lowest BCUT2D eigenvalue weighted by atomic mass is 10.4. The molecule has 4 nitrogen and oxygen atoms in total. The number of hydrogen-bond donors (Lipinski definition) is 0. The Morgan fingerprint density at radius 2 is 2.21 bits per heavy atom. The monoisotopic (exact) mass is 231 g/mol. The maximum atomic E-state index is 11.8. The van der Waals surface area contributed by atoms with E-state index in [1.54, 1.807) is 17.5 Å². The maximum absolute atomic E-state index is 11.8. The van der Waals surface area contributed by atoms with Gasteiger partial charge in [-0.25, -0.2) is 8.42 Å². The maximum Gasteiger partial charge on any atom is 0.252 e. The number of Topliss-reactive ketones (excluding diaryl/α,β-unsaturated/α-hetero) is 1. The number of carbonyl (C=O) groups excluding carboxylic acids is 1. The Morgan fingerprint density at radius 1 is 1.43 bits per heavy atom. The summed E-state index contributed by atoms with van der Waals surface area (Å²) in [6.07, 6.45) is 0.338. The third-order valence-electron chi connectivity index (χ3n) is 2.08. The topological polar surface area (TPSA) is 54.5 Å². The Morgan fingerprint density at radius 3 is 2.71 bits per heavy atom. The van der Waals surface area contributed by atoms with Crippen LogP contribution in [0.2, 0.25) is 0 Å². The largest absolute Gasteiger partial charge is 0.298 e. The minimum Gasteiger partial charge on any atom is -0.298 e. The molecule has 14 heavy (non-hydrogen) atoms. The number of carbonyl (C=O) groups is 1. The van der Waals surface area contributed by atoms with Crippen LogP contribution in [-0.2, 0) is 14.8 Å². The van der Waals surface area contributed by atoms with E-state index < -0.39 is 10.0 Å². The van der Waals surface area contributed by atoms with Crippen LogP contribution in [0.25, 0.3) is 0 Å². The zero-order chi connectivity index (χ0) is 10.2. The van der Waals surface area contributed by atoms with Gasteiger partial charge < -0.3 is 0 Å². The van der Waals surface area contributed by atoms with Gasteiger partial charge in [-0.1, -0.05) is 6.07 Å². The van der Waals surface area contributed by atoms with E-state index in [0.717, 1.165) is 0 Å². The molecule has 1 saturated heterocycles. The second kappa shape index (κ2) is 3.45. The van der Waals surface area contributed by atoms with E-state index in [9.17, 15) is 13.2 Å². The van der Waals surface area contributed by atoms with Crippen molar-refractivity contribution in [2.45, 2.75) is 10.6 Å². The summed E-state index contributed by atoms with van der Waals surface area (Å²) in [5, 5.41) is 1.71. The predicted octanol–water partition coefficient (Wildman–Crippen LogP) is 0.712. The third-order valence-corrected chi connectivity index (χ3v) is 5.30. The molecular formula is C8H9NO3S2. The van der Waals surface area contributed by atoms with Crippen molar-refractivity contribution in [1.82, 2.24) is 4.31 Å². The molecule has 0 bridgehead atoms. The number of ketones is 1. The molecular weight excluding hydrogens is 222 g/mol. The fraction of sp³-hybridized carbons (Fsp3) is 0.375. The molecule has 1 aliphatic heterocycles. The Labute approximate surface area is 86.2 Å². The lowest BCUT2D eigenvalue weighted by Crippen LogP contribution is -2.28. The van der Waals surface area contributed by atoms with Crippen molar-refractivity contribution in [3.8, 4) is 0 Å². The molecule has 2 heterocycles. The van der Waals surface area contributed by atoms with Crippen LogP contribution < -0.4 is 0 Å². The third kappa shape index (κ3) is 1.60. The Bertz CT molecular complexity index is 435. The van der Waals surface area contributed by atoms with Gasteiger partial charge in [0, 0.05) is 13.0 Å². The molecule has 0 N–H and O–H groups in total. The van der Waals surface area contributed by atoms with E-state index >= 15 is 0 Å². The van der Waals surface area contributed by atoms with Gasteiger partial charge in [-0.2, -0.15) is 4.31 Å². The molecule has 0 atom stereocenters. The summed E-state index contributed by atoms with van der Waals surface area (Å²) < 4.78 is 25.2. The summed E-state index contributed by atoms with van der Waals surface area (Å²) in [5.74, 6) is -0.00914. The fourth-order valence-corrected chi connectivity index (χ4v) is 3.92. The van der Waals surface area contributed by atoms with Gasteiger partial charge in [0.1, 0.15) is 9.99 Å². The Hall–Kier alpha value is -0.720. The van der Waals surface area contributed by atoms with E-state index in [4.69, 9.17) is 0 Å². The molecule has 76 valence electrons. The van der Waals surface area contributed by atoms with Crippen molar-refractivity contribution in [1.29, 1.82) is 0 Å². The van der Waals surface area contributed by atoms with Crippen molar-refractivity contribution < 1.29 is 13.2 Å². The van der Waals surface area contributed by atoms with Gasteiger partial charge in [0.15, 0.2) is 0 Å². The quantitative estimate of drug-likeness (QED) is 0.753. The minimum atomic E-state index is -3.40. The highest BCUT2D eigenvalue weighted by Gasteiger charge is 2.31. The van der Waals surface area contributed by atoms with Crippen LogP contribution in [-0.4, -0.2) is 31.6 Å². The molecule has 6 heteroatoms. The SMILES string of the molecule is O=C1CCN(S(=O)(=O)c2cccs2)C1. The van der Waals surface area contributed by atoms with E-state index in [1.165, 1.54) is 15.6 Å². The van der Waals surface area contributed by atoms with E-state index in [2.05, 4.69) is 0 Å². The van der Waals surface area contributed by atoms with Crippen LogP contribution in [0, 0.1) is 0 Å². The molecule has 0 radical (unpaired) electrons. The van der Waals surface area contributed by atoms with Crippen molar-refractivity contribution in [3.63, 3.8) is 0 Å². The highest BCUT2D eigenvalue weighted by atomic mass is 32.2. The van der Waals surface area contributed by atoms with Crippen molar-refractivity contribution in [2.75, 3.05) is 13.1 Å². The second-order valence-electron chi connectivity index (χ2n) is 3.06. The average Bonchev–Trinajstić information content (AvgIpc) is 2.72. The van der Waals surface area contributed by atoms with Gasteiger partial charge in [0.25, 0.3) is 10.0 Å². The van der Waals surface area contributed by atoms with Gasteiger partial charge in [0.05, 0.1) is 6.54 Å². The number of thiophene rings is 1. The average molecular weight is 231 g/mol. The van der Waals surface area contributed by atoms with Crippen molar-refractivity contribution in [3.05, 3.63) is 17.5 Å². The minimum absolute atomic E-state index is 0.00914. The molecule has 0 saturated carbocycles. The summed E-state index contributed by atoms with van der Waals surface area (Å²) in [4.78, 5) is 11.0. The van der Waals surface area contributed by atoms with Gasteiger partial charge >= 0.3 is 0 Å². The lowest BCUT2D eigenvalue weighted by molar-refractivity contribution is -0.116. The van der Waals surface area contributed by atoms with Crippen LogP contribution in [0.4, 0.5) is 0 Å². The summed E-state index contributed by atoms with van der Waals surface area (Å²) in [6.45, 7) is 0.347. The molecule has 0 unspecified atom stereocenters. The van der Waals surface area contributed by atoms with Crippen LogP contribution in [0.15, 0.2) is 21.7 Å². The molecule has 1 aromatic rings. The van der Waals surface area contributed by atoms with Crippen LogP contribution >= 0.6 is 11.3 Å². The van der Waals surface area contributed by atoms with Gasteiger partial charge in [0.2, 0.25) is 0 Å². The molecule has 0 spiro atoms. The summed E-state index contributed by atoms with van der Waals surface area (Å²) >= 11 is 1.18. The number of nitrogens with zero attached hydrogens (tertiary/aromatic N) is 1. The molecule has 1 fully saturated rings. The van der Waals surface area contributed by atoms with Gasteiger partial charge in [-0.3, -0.25) is 4.79 Å². The van der Waals surface area contributed by atoms with E-state index in [-0.39, 0.29) is 12.3 Å². The van der Waals surface area contributed by atoms with Crippen LogP contribution in [0.3, 0.4) is 0 Å². The molecule has 1 aromatic heterocycles. The Balaban J connectivity index is 2.30. The first kappa shape index (κ1) is 9.82. The van der Waals surface area contributed by atoms with Crippen molar-refractivity contribution in [2.24, 2.45) is 0 Å². The fourth-order valence-electron chi connectivity index (χ4n) is 1.35. The van der Waals surface area contributed by atoms with E-state index in [0.29, 0.717) is 17.2 Å². The summed E-state index contributed by atoms with van der Waals surface area (Å²) in [6, 6.07) is 3.25. The molecule has 2 rings (SSSR count). The second-order valence-corrected chi connectivity index (χ2v) is 6.17. The molecule has 0 aliphatic carbocycles. The normalized spacial score (nSPS) is 19.0. The number of rotatable bonds is 2. The van der Waals surface area contributed by atoms with Crippen molar-refractivity contribution >= 4 is 27.1 Å². The molecule has 0 amide bonds. The van der Waals surface area contributed by atoms with Gasteiger partial charge in [-0.15, -0.1) is 11.3 Å². The zero-order valence-corrected chi connectivity index (χ0v) is 8.97. The Kier molecular flexibility index (Phi) is 2.42. The standard InChI is InChI=1S/C8H9NO3S2/c10-7-3-4-9(6-7)14(11,12)8-2-1-5-13-8/h1-2,5H,3-4,6H2. The first-order valence-electron chi connectivity index (χ1n) is 4.16. The predicted molar refractivity (Wildman–Crippen MR) is 52.7 cm³/mol.